The highest BCUT2D eigenvalue weighted by molar-refractivity contribution is 7.10. The number of nitrogens with one attached hydrogen (secondary N) is 1. The van der Waals surface area contributed by atoms with Crippen LogP contribution in [0.15, 0.2) is 53.9 Å². The second-order valence-electron chi connectivity index (χ2n) is 6.28. The number of hydrogen-bond acceptors (Lipinski definition) is 5. The fraction of sp³-hybridized carbons (Fsp3) is 0.182. The number of thiazole rings is 1. The summed E-state index contributed by atoms with van der Waals surface area (Å²) in [6, 6.07) is 16.4. The van der Waals surface area contributed by atoms with E-state index in [2.05, 4.69) is 46.4 Å². The SMILES string of the molecule is O=C(NCC#Cc1nc(CO)cs1)OCC1c2ccccc2-c2ccccc21. The Balaban J connectivity index is 1.34. The van der Waals surface area contributed by atoms with Crippen LogP contribution in [0.25, 0.3) is 11.1 Å². The maximum Gasteiger partial charge on any atom is 0.407 e. The van der Waals surface area contributed by atoms with Gasteiger partial charge in [0.15, 0.2) is 5.01 Å². The molecule has 0 saturated carbocycles. The molecule has 0 radical (unpaired) electrons. The summed E-state index contributed by atoms with van der Waals surface area (Å²) in [7, 11) is 0. The predicted molar refractivity (Wildman–Crippen MR) is 108 cm³/mol. The number of ether oxygens (including phenoxy) is 1. The minimum atomic E-state index is -0.494. The number of aliphatic hydroxyl groups excluding tert-OH is 1. The summed E-state index contributed by atoms with van der Waals surface area (Å²) in [6.45, 7) is 0.348. The van der Waals surface area contributed by atoms with Gasteiger partial charge >= 0.3 is 6.09 Å². The molecule has 0 fully saturated rings. The van der Waals surface area contributed by atoms with E-state index < -0.39 is 6.09 Å². The maximum absolute atomic E-state index is 12.0. The van der Waals surface area contributed by atoms with Crippen molar-refractivity contribution in [2.75, 3.05) is 13.2 Å². The number of alkyl carbamates (subject to hydrolysis) is 1. The number of carbonyl (C=O) groups is 1. The minimum Gasteiger partial charge on any atom is -0.449 e. The first kappa shape index (κ1) is 18.2. The first-order chi connectivity index (χ1) is 13.8. The van der Waals surface area contributed by atoms with Crippen molar-refractivity contribution < 1.29 is 14.6 Å². The lowest BCUT2D eigenvalue weighted by molar-refractivity contribution is 0.144. The molecule has 6 heteroatoms. The number of benzene rings is 2. The monoisotopic (exact) mass is 390 g/mol. The maximum atomic E-state index is 12.0. The Labute approximate surface area is 167 Å². The highest BCUT2D eigenvalue weighted by Gasteiger charge is 2.28. The van der Waals surface area contributed by atoms with E-state index >= 15 is 0 Å². The van der Waals surface area contributed by atoms with Gasteiger partial charge in [0, 0.05) is 11.3 Å². The summed E-state index contributed by atoms with van der Waals surface area (Å²) < 4.78 is 5.45. The number of aliphatic hydroxyl groups is 1. The van der Waals surface area contributed by atoms with Gasteiger partial charge in [-0.2, -0.15) is 0 Å². The van der Waals surface area contributed by atoms with E-state index in [-0.39, 0.29) is 25.7 Å². The average Bonchev–Trinajstić information content (AvgIpc) is 3.32. The fourth-order valence-corrected chi connectivity index (χ4v) is 4.00. The lowest BCUT2D eigenvalue weighted by atomic mass is 9.98. The molecule has 0 atom stereocenters. The van der Waals surface area contributed by atoms with Crippen LogP contribution in [0, 0.1) is 11.8 Å². The van der Waals surface area contributed by atoms with Crippen molar-refractivity contribution in [2.45, 2.75) is 12.5 Å². The summed E-state index contributed by atoms with van der Waals surface area (Å²) in [5.74, 6) is 5.73. The molecule has 1 amide bonds. The third-order valence-corrected chi connectivity index (χ3v) is 5.38. The summed E-state index contributed by atoms with van der Waals surface area (Å²) in [4.78, 5) is 16.2. The Morgan fingerprint density at radius 1 is 1.14 bits per heavy atom. The van der Waals surface area contributed by atoms with Crippen LogP contribution in [-0.4, -0.2) is 29.3 Å². The lowest BCUT2D eigenvalue weighted by Gasteiger charge is -2.14. The van der Waals surface area contributed by atoms with E-state index in [4.69, 9.17) is 9.84 Å². The van der Waals surface area contributed by atoms with Crippen molar-refractivity contribution >= 4 is 17.4 Å². The zero-order valence-electron chi connectivity index (χ0n) is 15.0. The molecule has 0 unspecified atom stereocenters. The van der Waals surface area contributed by atoms with Gasteiger partial charge in [-0.05, 0) is 28.2 Å². The van der Waals surface area contributed by atoms with Crippen LogP contribution in [0.4, 0.5) is 4.79 Å². The van der Waals surface area contributed by atoms with Gasteiger partial charge in [-0.25, -0.2) is 9.78 Å². The van der Waals surface area contributed by atoms with Gasteiger partial charge in [0.1, 0.15) is 6.61 Å². The highest BCUT2D eigenvalue weighted by Crippen LogP contribution is 2.44. The van der Waals surface area contributed by atoms with Crippen molar-refractivity contribution in [1.29, 1.82) is 0 Å². The molecule has 0 bridgehead atoms. The van der Waals surface area contributed by atoms with Gasteiger partial charge in [-0.3, -0.25) is 0 Å². The van der Waals surface area contributed by atoms with Gasteiger partial charge in [0.25, 0.3) is 0 Å². The molecular formula is C22H18N2O3S. The third-order valence-electron chi connectivity index (χ3n) is 4.57. The average molecular weight is 390 g/mol. The van der Waals surface area contributed by atoms with E-state index in [1.807, 2.05) is 24.3 Å². The van der Waals surface area contributed by atoms with E-state index in [1.54, 1.807) is 5.38 Å². The van der Waals surface area contributed by atoms with Crippen molar-refractivity contribution in [3.8, 4) is 23.0 Å². The normalized spacial score (nSPS) is 11.9. The fourth-order valence-electron chi connectivity index (χ4n) is 3.32. The standard InChI is InChI=1S/C22H18N2O3S/c25-12-15-14-28-21(24-15)10-5-11-23-22(26)27-13-20-18-8-3-1-6-16(18)17-7-2-4-9-19(17)20/h1-4,6-9,14,20,25H,11-13H2,(H,23,26). The molecule has 28 heavy (non-hydrogen) atoms. The Morgan fingerprint density at radius 3 is 2.46 bits per heavy atom. The summed E-state index contributed by atoms with van der Waals surface area (Å²) in [5, 5.41) is 14.0. The molecule has 1 aliphatic rings. The van der Waals surface area contributed by atoms with Gasteiger partial charge < -0.3 is 15.2 Å². The van der Waals surface area contributed by atoms with Crippen LogP contribution in [0.1, 0.15) is 27.7 Å². The van der Waals surface area contributed by atoms with Crippen LogP contribution < -0.4 is 5.32 Å². The van der Waals surface area contributed by atoms with Crippen molar-refractivity contribution in [3.63, 3.8) is 0 Å². The smallest absolute Gasteiger partial charge is 0.407 e. The van der Waals surface area contributed by atoms with Gasteiger partial charge in [-0.1, -0.05) is 54.5 Å². The molecule has 2 N–H and O–H groups in total. The van der Waals surface area contributed by atoms with Crippen molar-refractivity contribution in [3.05, 3.63) is 75.7 Å². The topological polar surface area (TPSA) is 71.5 Å². The molecular weight excluding hydrogens is 372 g/mol. The summed E-state index contributed by atoms with van der Waals surface area (Å²) in [5.41, 5.74) is 5.35. The first-order valence-electron chi connectivity index (χ1n) is 8.89. The molecule has 5 nitrogen and oxygen atoms in total. The zero-order valence-corrected chi connectivity index (χ0v) is 15.8. The van der Waals surface area contributed by atoms with E-state index in [1.165, 1.54) is 33.6 Å². The zero-order chi connectivity index (χ0) is 19.3. The minimum absolute atomic E-state index is 0.0384. The number of rotatable bonds is 4. The molecule has 0 saturated heterocycles. The Morgan fingerprint density at radius 2 is 1.82 bits per heavy atom. The molecule has 140 valence electrons. The largest absolute Gasteiger partial charge is 0.449 e. The third kappa shape index (κ3) is 3.77. The number of hydrogen-bond donors (Lipinski definition) is 2. The van der Waals surface area contributed by atoms with Crippen molar-refractivity contribution in [1.82, 2.24) is 10.3 Å². The van der Waals surface area contributed by atoms with E-state index in [9.17, 15) is 4.79 Å². The Kier molecular flexibility index (Phi) is 5.38. The molecule has 3 aromatic rings. The van der Waals surface area contributed by atoms with E-state index in [0.717, 1.165) is 0 Å². The molecule has 2 aromatic carbocycles. The summed E-state index contributed by atoms with van der Waals surface area (Å²) >= 11 is 1.36. The van der Waals surface area contributed by atoms with Crippen LogP contribution in [0.2, 0.25) is 0 Å². The predicted octanol–water partition coefficient (Wildman–Crippen LogP) is 3.53. The molecule has 1 aliphatic carbocycles. The second kappa shape index (κ2) is 8.26. The first-order valence-corrected chi connectivity index (χ1v) is 9.77. The number of aromatic nitrogens is 1. The van der Waals surface area contributed by atoms with Crippen LogP contribution in [-0.2, 0) is 11.3 Å². The highest BCUT2D eigenvalue weighted by atomic mass is 32.1. The Bertz CT molecular complexity index is 1020. The van der Waals surface area contributed by atoms with Crippen LogP contribution in [0.5, 0.6) is 0 Å². The van der Waals surface area contributed by atoms with Crippen LogP contribution in [0.3, 0.4) is 0 Å². The molecule has 0 spiro atoms. The molecule has 4 rings (SSSR count). The van der Waals surface area contributed by atoms with Crippen molar-refractivity contribution in [2.24, 2.45) is 0 Å². The number of carbonyl (C=O) groups excluding carboxylic acids is 1. The number of fused-ring (bicyclic) bond motifs is 3. The van der Waals surface area contributed by atoms with Gasteiger partial charge in [0.05, 0.1) is 18.8 Å². The van der Waals surface area contributed by atoms with Crippen LogP contribution >= 0.6 is 11.3 Å². The van der Waals surface area contributed by atoms with E-state index in [0.29, 0.717) is 10.7 Å². The summed E-state index contributed by atoms with van der Waals surface area (Å²) in [6.07, 6.45) is -0.494. The Hall–Kier alpha value is -3.14. The lowest BCUT2D eigenvalue weighted by Crippen LogP contribution is -2.26. The van der Waals surface area contributed by atoms with Gasteiger partial charge in [0.2, 0.25) is 0 Å². The quantitative estimate of drug-likeness (QED) is 0.669. The molecule has 0 aliphatic heterocycles. The molecule has 1 aromatic heterocycles. The number of amides is 1. The van der Waals surface area contributed by atoms with Gasteiger partial charge in [-0.15, -0.1) is 11.3 Å². The molecule has 1 heterocycles. The second-order valence-corrected chi connectivity index (χ2v) is 7.14. The number of nitrogens with zero attached hydrogens (tertiary/aromatic N) is 1.